The predicted molar refractivity (Wildman–Crippen MR) is 202 cm³/mol. The van der Waals surface area contributed by atoms with E-state index in [2.05, 4.69) is 50.4 Å². The minimum atomic E-state index is -0.554. The lowest BCUT2D eigenvalue weighted by molar-refractivity contribution is 0.0485. The Morgan fingerprint density at radius 2 is 1.43 bits per heavy atom. The minimum Gasteiger partial charge on any atom is -0.491 e. The van der Waals surface area contributed by atoms with E-state index in [0.29, 0.717) is 24.5 Å². The number of allylic oxidation sites excluding steroid dienone is 1. The summed E-state index contributed by atoms with van der Waals surface area (Å²) in [5.41, 5.74) is 2.92. The van der Waals surface area contributed by atoms with Gasteiger partial charge in [0.05, 0.1) is 12.1 Å². The summed E-state index contributed by atoms with van der Waals surface area (Å²) in [7, 11) is 0. The van der Waals surface area contributed by atoms with Crippen LogP contribution in [0.1, 0.15) is 104 Å². The minimum absolute atomic E-state index is 0. The van der Waals surface area contributed by atoms with E-state index in [-0.39, 0.29) is 24.7 Å². The smallest absolute Gasteiger partial charge is 0.408 e. The highest BCUT2D eigenvalue weighted by atomic mass is 79.9. The summed E-state index contributed by atoms with van der Waals surface area (Å²) in [5, 5.41) is 21.2. The third-order valence-corrected chi connectivity index (χ3v) is 7.74. The lowest BCUT2D eigenvalue weighted by atomic mass is 10.0. The van der Waals surface area contributed by atoms with Crippen molar-refractivity contribution < 1.29 is 38.3 Å². The van der Waals surface area contributed by atoms with Gasteiger partial charge < -0.3 is 39.3 Å². The molecule has 12 nitrogen and oxygen atoms in total. The molecular weight excluding hydrogens is 744 g/mol. The number of hydrogen-bond donors (Lipinski definition) is 3. The molecule has 2 amide bonds. The summed E-state index contributed by atoms with van der Waals surface area (Å²) in [6.07, 6.45) is 0.885. The van der Waals surface area contributed by atoms with Crippen LogP contribution in [0.3, 0.4) is 0 Å². The Hall–Kier alpha value is -4.23. The first kappa shape index (κ1) is 42.9. The molecule has 3 N–H and O–H groups in total. The summed E-state index contributed by atoms with van der Waals surface area (Å²) in [4.78, 5) is 23.7. The molecule has 5 rings (SSSR count). The topological polar surface area (TPSA) is 154 Å². The van der Waals surface area contributed by atoms with Gasteiger partial charge in [-0.05, 0) is 64.6 Å². The van der Waals surface area contributed by atoms with Crippen molar-refractivity contribution in [3.8, 4) is 22.8 Å². The zero-order valence-corrected chi connectivity index (χ0v) is 32.0. The Balaban J connectivity index is 0.000000309. The van der Waals surface area contributed by atoms with E-state index in [1.165, 1.54) is 0 Å². The van der Waals surface area contributed by atoms with Gasteiger partial charge in [-0.2, -0.15) is 0 Å². The van der Waals surface area contributed by atoms with Crippen LogP contribution < -0.4 is 20.1 Å². The number of nitrogens with zero attached hydrogens (tertiary/aromatic N) is 2. The quantitative estimate of drug-likeness (QED) is 0.126. The molecule has 51 heavy (non-hydrogen) atoms. The van der Waals surface area contributed by atoms with Crippen molar-refractivity contribution in [2.45, 2.75) is 98.9 Å². The Morgan fingerprint density at radius 1 is 0.941 bits per heavy atom. The Morgan fingerprint density at radius 3 is 1.86 bits per heavy atom. The van der Waals surface area contributed by atoms with Gasteiger partial charge in [0.25, 0.3) is 0 Å². The summed E-state index contributed by atoms with van der Waals surface area (Å²) in [6, 6.07) is 12.4. The second-order valence-electron chi connectivity index (χ2n) is 13.3. The van der Waals surface area contributed by atoms with Gasteiger partial charge in [-0.15, -0.1) is 0 Å². The van der Waals surface area contributed by atoms with Crippen LogP contribution in [-0.2, 0) is 15.9 Å². The zero-order valence-electron chi connectivity index (χ0n) is 29.7. The molecule has 0 radical (unpaired) electrons. The van der Waals surface area contributed by atoms with Crippen molar-refractivity contribution in [3.05, 3.63) is 76.0 Å². The maximum Gasteiger partial charge on any atom is 0.408 e. The van der Waals surface area contributed by atoms with Gasteiger partial charge in [-0.3, -0.25) is 0 Å². The molecule has 0 saturated carbocycles. The number of ether oxygens (including phenoxy) is 4. The average Bonchev–Trinajstić information content (AvgIpc) is 3.78. The largest absolute Gasteiger partial charge is 0.491 e. The summed E-state index contributed by atoms with van der Waals surface area (Å²) in [6.45, 7) is 19.3. The number of benzene rings is 2. The van der Waals surface area contributed by atoms with Gasteiger partial charge in [0, 0.05) is 34.7 Å². The molecule has 0 saturated heterocycles. The van der Waals surface area contributed by atoms with Crippen LogP contribution in [0.5, 0.6) is 11.5 Å². The monoisotopic (exact) mass is 792 g/mol. The lowest BCUT2D eigenvalue weighted by Crippen LogP contribution is -2.35. The molecule has 2 aromatic carbocycles. The second kappa shape index (κ2) is 18.8. The number of rotatable bonds is 6. The van der Waals surface area contributed by atoms with Crippen LogP contribution in [0, 0.1) is 0 Å². The van der Waals surface area contributed by atoms with Gasteiger partial charge in [0.1, 0.15) is 47.4 Å². The molecule has 1 aromatic heterocycles. The SMILES string of the molecule is C.C=C(Br)CC.CC(C)(C)OC(=O)N[C@@H]1COc2cc(/C(Cl)=N/O)ccc21.CCc1cc(-c2ccc3c(c2)OC[C@H]3NC(=O)OC(C)(C)C)no1. The number of amides is 2. The standard InChI is InChI=1S/C18H22N2O4.C14H17ClN2O4.C4H7Br.CH4/c1-5-12-9-14(20-24-12)11-6-7-13-15(10-22-16(13)8-11)19-17(21)23-18(2,3)4;1-14(2,3)21-13(18)16-10-7-20-11-6-8(12(15)17-19)4-5-9(10)11;1-3-4(2)5;/h6-9,15H,5,10H2,1-4H3,(H,19,21);4-6,10,19H,7H2,1-3H3,(H,16,18);2-3H2,1H3;1H4/b;17-12-;;/t15-;10-;;/m11../s1. The maximum atomic E-state index is 11.9. The number of fused-ring (bicyclic) bond motifs is 2. The fraction of sp³-hybridized carbons (Fsp3) is 0.459. The molecule has 2 aliphatic rings. The predicted octanol–water partition coefficient (Wildman–Crippen LogP) is 9.82. The average molecular weight is 794 g/mol. The van der Waals surface area contributed by atoms with Crippen molar-refractivity contribution in [1.29, 1.82) is 0 Å². The number of nitrogens with one attached hydrogen (secondary N) is 2. The second-order valence-corrected chi connectivity index (χ2v) is 14.8. The third kappa shape index (κ3) is 13.4. The molecule has 0 spiro atoms. The van der Waals surface area contributed by atoms with Crippen LogP contribution in [-0.4, -0.2) is 52.1 Å². The third-order valence-electron chi connectivity index (χ3n) is 6.88. The van der Waals surface area contributed by atoms with Crippen LogP contribution in [0.2, 0.25) is 0 Å². The first-order valence-electron chi connectivity index (χ1n) is 16.1. The van der Waals surface area contributed by atoms with Crippen LogP contribution >= 0.6 is 27.5 Å². The number of aromatic nitrogens is 1. The van der Waals surface area contributed by atoms with Crippen molar-refractivity contribution >= 4 is 44.9 Å². The molecule has 3 heterocycles. The number of carbonyl (C=O) groups excluding carboxylic acids is 2. The number of oxime groups is 1. The van der Waals surface area contributed by atoms with Crippen LogP contribution in [0.25, 0.3) is 11.3 Å². The number of aryl methyl sites for hydroxylation is 1. The number of hydrogen-bond acceptors (Lipinski definition) is 10. The highest BCUT2D eigenvalue weighted by Crippen LogP contribution is 2.36. The molecule has 280 valence electrons. The molecule has 3 aromatic rings. The molecule has 2 aliphatic heterocycles. The number of alkyl carbamates (subject to hydrolysis) is 2. The zero-order chi connectivity index (χ0) is 37.2. The number of halogens is 2. The Labute approximate surface area is 314 Å². The first-order valence-corrected chi connectivity index (χ1v) is 17.3. The van der Waals surface area contributed by atoms with E-state index >= 15 is 0 Å². The van der Waals surface area contributed by atoms with E-state index in [0.717, 1.165) is 51.2 Å². The highest BCUT2D eigenvalue weighted by molar-refractivity contribution is 9.11. The Bertz CT molecular complexity index is 1680. The maximum absolute atomic E-state index is 11.9. The normalized spacial score (nSPS) is 15.8. The van der Waals surface area contributed by atoms with E-state index in [1.807, 2.05) is 52.0 Å². The van der Waals surface area contributed by atoms with Crippen molar-refractivity contribution in [2.24, 2.45) is 5.16 Å². The van der Waals surface area contributed by atoms with Crippen molar-refractivity contribution in [1.82, 2.24) is 15.8 Å². The molecular formula is C37H50BrClN4O8. The van der Waals surface area contributed by atoms with E-state index in [4.69, 9.17) is 40.3 Å². The Kier molecular flexibility index (Phi) is 15.9. The van der Waals surface area contributed by atoms with Gasteiger partial charge in [0.15, 0.2) is 5.17 Å². The van der Waals surface area contributed by atoms with Gasteiger partial charge in [-0.1, -0.05) is 90.0 Å². The van der Waals surface area contributed by atoms with E-state index in [9.17, 15) is 9.59 Å². The summed E-state index contributed by atoms with van der Waals surface area (Å²) >= 11 is 8.92. The molecule has 0 fully saturated rings. The molecule has 14 heteroatoms. The van der Waals surface area contributed by atoms with Gasteiger partial charge in [0.2, 0.25) is 0 Å². The fourth-order valence-electron chi connectivity index (χ4n) is 4.52. The fourth-order valence-corrected chi connectivity index (χ4v) is 4.64. The van der Waals surface area contributed by atoms with Crippen molar-refractivity contribution in [2.75, 3.05) is 13.2 Å². The molecule has 0 aliphatic carbocycles. The highest BCUT2D eigenvalue weighted by Gasteiger charge is 2.29. The summed E-state index contributed by atoms with van der Waals surface area (Å²) in [5.74, 6) is 2.18. The van der Waals surface area contributed by atoms with Crippen molar-refractivity contribution in [3.63, 3.8) is 0 Å². The molecule has 0 unspecified atom stereocenters. The molecule has 0 bridgehead atoms. The number of carbonyl (C=O) groups is 2. The van der Waals surface area contributed by atoms with Crippen LogP contribution in [0.4, 0.5) is 9.59 Å². The lowest BCUT2D eigenvalue weighted by Gasteiger charge is -2.21. The summed E-state index contributed by atoms with van der Waals surface area (Å²) < 4.78 is 28.0. The molecule has 2 atom stereocenters. The first-order chi connectivity index (χ1) is 23.4. The van der Waals surface area contributed by atoms with Crippen LogP contribution in [0.15, 0.2) is 63.2 Å². The van der Waals surface area contributed by atoms with E-state index < -0.39 is 23.4 Å². The van der Waals surface area contributed by atoms with E-state index in [1.54, 1.807) is 39.0 Å². The van der Waals surface area contributed by atoms with Gasteiger partial charge in [-0.25, -0.2) is 9.59 Å². The van der Waals surface area contributed by atoms with Gasteiger partial charge >= 0.3 is 12.2 Å².